The molecule has 0 spiro atoms. The zero-order valence-electron chi connectivity index (χ0n) is 12.8. The molecule has 0 radical (unpaired) electrons. The molecule has 1 rings (SSSR count). The van der Waals surface area contributed by atoms with Gasteiger partial charge in [-0.05, 0) is 37.5 Å². The third kappa shape index (κ3) is 5.39. The molecule has 3 N–H and O–H groups in total. The first-order chi connectivity index (χ1) is 9.43. The number of carbonyl (C=O) groups excluding carboxylic acids is 1. The molecule has 1 fully saturated rings. The minimum Gasteiger partial charge on any atom is -0.480 e. The molecule has 0 aliphatic heterocycles. The van der Waals surface area contributed by atoms with E-state index in [9.17, 15) is 9.59 Å². The summed E-state index contributed by atoms with van der Waals surface area (Å²) in [5.74, 6) is 0.199. The predicted molar refractivity (Wildman–Crippen MR) is 78.6 cm³/mol. The van der Waals surface area contributed by atoms with Crippen LogP contribution in [0.15, 0.2) is 0 Å². The monoisotopic (exact) mass is 284 g/mol. The number of hydrogen-bond acceptors (Lipinski definition) is 2. The van der Waals surface area contributed by atoms with E-state index in [1.165, 1.54) is 0 Å². The predicted octanol–water partition coefficient (Wildman–Crippen LogP) is 2.75. The van der Waals surface area contributed by atoms with E-state index in [0.717, 1.165) is 32.1 Å². The third-order valence-electron chi connectivity index (χ3n) is 4.20. The molecule has 1 aliphatic rings. The van der Waals surface area contributed by atoms with Crippen molar-refractivity contribution in [2.24, 2.45) is 11.8 Å². The topological polar surface area (TPSA) is 78.4 Å². The lowest BCUT2D eigenvalue weighted by Crippen LogP contribution is -2.51. The molecule has 0 aromatic rings. The molecule has 3 unspecified atom stereocenters. The Morgan fingerprint density at radius 3 is 2.55 bits per heavy atom. The number of nitrogens with one attached hydrogen (secondary N) is 2. The highest BCUT2D eigenvalue weighted by atomic mass is 16.4. The number of carboxylic acids is 1. The number of amides is 2. The minimum atomic E-state index is -0.959. The molecule has 1 saturated carbocycles. The van der Waals surface area contributed by atoms with Gasteiger partial charge in [-0.2, -0.15) is 0 Å². The van der Waals surface area contributed by atoms with Gasteiger partial charge in [0.25, 0.3) is 0 Å². The lowest BCUT2D eigenvalue weighted by atomic mass is 9.80. The number of hydrogen-bond donors (Lipinski definition) is 3. The maximum atomic E-state index is 11.9. The molecule has 0 aromatic carbocycles. The normalized spacial score (nSPS) is 27.6. The molecule has 4 atom stereocenters. The second-order valence-corrected chi connectivity index (χ2v) is 6.15. The molecule has 0 aromatic heterocycles. The van der Waals surface area contributed by atoms with E-state index in [0.29, 0.717) is 18.3 Å². The van der Waals surface area contributed by atoms with Gasteiger partial charge in [0, 0.05) is 6.04 Å². The zero-order chi connectivity index (χ0) is 15.1. The lowest BCUT2D eigenvalue weighted by Gasteiger charge is -2.33. The number of urea groups is 1. The molecule has 0 bridgehead atoms. The fraction of sp³-hybridized carbons (Fsp3) is 0.867. The van der Waals surface area contributed by atoms with Crippen molar-refractivity contribution < 1.29 is 14.7 Å². The third-order valence-corrected chi connectivity index (χ3v) is 4.20. The van der Waals surface area contributed by atoms with Crippen molar-refractivity contribution in [3.05, 3.63) is 0 Å². The molecule has 2 amide bonds. The Balaban J connectivity index is 2.43. The molecule has 20 heavy (non-hydrogen) atoms. The van der Waals surface area contributed by atoms with Crippen LogP contribution in [-0.4, -0.2) is 29.2 Å². The quantitative estimate of drug-likeness (QED) is 0.701. The van der Waals surface area contributed by atoms with Crippen molar-refractivity contribution in [2.45, 2.75) is 71.4 Å². The molecule has 5 nitrogen and oxygen atoms in total. The number of rotatable bonds is 6. The van der Waals surface area contributed by atoms with Gasteiger partial charge in [0.05, 0.1) is 0 Å². The van der Waals surface area contributed by atoms with Crippen molar-refractivity contribution in [1.82, 2.24) is 10.6 Å². The first kappa shape index (κ1) is 16.8. The van der Waals surface area contributed by atoms with E-state index < -0.39 is 12.0 Å². The Labute approximate surface area is 121 Å². The van der Waals surface area contributed by atoms with Gasteiger partial charge in [0.1, 0.15) is 6.04 Å². The Morgan fingerprint density at radius 1 is 1.30 bits per heavy atom. The molecular formula is C15H28N2O3. The standard InChI is InChI=1S/C15H28N2O3/c1-4-5-6-13(14(18)19)17-15(20)16-12-8-7-10(2)9-11(12)3/h10-13H,4-9H2,1-3H3,(H,18,19)(H2,16,17,20)/t10?,11?,12?,13-/m0/s1. The highest BCUT2D eigenvalue weighted by Gasteiger charge is 2.27. The molecule has 0 saturated heterocycles. The summed E-state index contributed by atoms with van der Waals surface area (Å²) < 4.78 is 0. The SMILES string of the molecule is CCCC[C@H](NC(=O)NC1CCC(C)CC1C)C(=O)O. The fourth-order valence-corrected chi connectivity index (χ4v) is 2.91. The van der Waals surface area contributed by atoms with Crippen molar-refractivity contribution in [3.8, 4) is 0 Å². The zero-order valence-corrected chi connectivity index (χ0v) is 12.8. The lowest BCUT2D eigenvalue weighted by molar-refractivity contribution is -0.139. The van der Waals surface area contributed by atoms with Gasteiger partial charge in [0.15, 0.2) is 0 Å². The van der Waals surface area contributed by atoms with Crippen LogP contribution < -0.4 is 10.6 Å². The molecule has 0 heterocycles. The number of carbonyl (C=O) groups is 2. The fourth-order valence-electron chi connectivity index (χ4n) is 2.91. The summed E-state index contributed by atoms with van der Waals surface area (Å²) in [5, 5.41) is 14.6. The van der Waals surface area contributed by atoms with E-state index in [1.54, 1.807) is 0 Å². The molecule has 5 heteroatoms. The van der Waals surface area contributed by atoms with Crippen LogP contribution in [0.4, 0.5) is 4.79 Å². The van der Waals surface area contributed by atoms with Gasteiger partial charge in [-0.25, -0.2) is 9.59 Å². The maximum Gasteiger partial charge on any atom is 0.326 e. The molecular weight excluding hydrogens is 256 g/mol. The van der Waals surface area contributed by atoms with Gasteiger partial charge >= 0.3 is 12.0 Å². The van der Waals surface area contributed by atoms with Crippen LogP contribution in [0.1, 0.15) is 59.3 Å². The van der Waals surface area contributed by atoms with Gasteiger partial charge in [-0.1, -0.05) is 33.6 Å². The van der Waals surface area contributed by atoms with Crippen molar-refractivity contribution in [3.63, 3.8) is 0 Å². The van der Waals surface area contributed by atoms with Crippen molar-refractivity contribution >= 4 is 12.0 Å². The largest absolute Gasteiger partial charge is 0.480 e. The first-order valence-corrected chi connectivity index (χ1v) is 7.73. The Morgan fingerprint density at radius 2 is 2.00 bits per heavy atom. The van der Waals surface area contributed by atoms with Crippen LogP contribution in [0.25, 0.3) is 0 Å². The molecule has 1 aliphatic carbocycles. The smallest absolute Gasteiger partial charge is 0.326 e. The summed E-state index contributed by atoms with van der Waals surface area (Å²) in [5.41, 5.74) is 0. The van der Waals surface area contributed by atoms with Gasteiger partial charge in [0.2, 0.25) is 0 Å². The van der Waals surface area contributed by atoms with Crippen molar-refractivity contribution in [2.75, 3.05) is 0 Å². The van der Waals surface area contributed by atoms with Crippen LogP contribution in [-0.2, 0) is 4.79 Å². The van der Waals surface area contributed by atoms with E-state index in [1.807, 2.05) is 6.92 Å². The summed E-state index contributed by atoms with van der Waals surface area (Å²) in [6, 6.07) is -0.973. The van der Waals surface area contributed by atoms with Crippen LogP contribution in [0.2, 0.25) is 0 Å². The van der Waals surface area contributed by atoms with Gasteiger partial charge in [-0.15, -0.1) is 0 Å². The summed E-state index contributed by atoms with van der Waals surface area (Å²) in [6.45, 7) is 6.38. The first-order valence-electron chi connectivity index (χ1n) is 7.73. The highest BCUT2D eigenvalue weighted by Crippen LogP contribution is 2.28. The van der Waals surface area contributed by atoms with Gasteiger partial charge in [-0.3, -0.25) is 0 Å². The number of aliphatic carboxylic acids is 1. The number of unbranched alkanes of at least 4 members (excludes halogenated alkanes) is 1. The summed E-state index contributed by atoms with van der Waals surface area (Å²) in [4.78, 5) is 23.0. The van der Waals surface area contributed by atoms with Crippen molar-refractivity contribution in [1.29, 1.82) is 0 Å². The Bertz CT molecular complexity index is 333. The second kappa shape index (κ2) is 8.12. The second-order valence-electron chi connectivity index (χ2n) is 6.15. The minimum absolute atomic E-state index is 0.159. The highest BCUT2D eigenvalue weighted by molar-refractivity contribution is 5.82. The Kier molecular flexibility index (Phi) is 6.82. The average molecular weight is 284 g/mol. The average Bonchev–Trinajstić information content (AvgIpc) is 2.37. The summed E-state index contributed by atoms with van der Waals surface area (Å²) >= 11 is 0. The van der Waals surface area contributed by atoms with E-state index >= 15 is 0 Å². The van der Waals surface area contributed by atoms with Crippen LogP contribution >= 0.6 is 0 Å². The van der Waals surface area contributed by atoms with E-state index in [4.69, 9.17) is 5.11 Å². The van der Waals surface area contributed by atoms with Gasteiger partial charge < -0.3 is 15.7 Å². The molecule has 116 valence electrons. The summed E-state index contributed by atoms with van der Waals surface area (Å²) in [7, 11) is 0. The van der Waals surface area contributed by atoms with E-state index in [2.05, 4.69) is 24.5 Å². The Hall–Kier alpha value is -1.26. The van der Waals surface area contributed by atoms with E-state index in [-0.39, 0.29) is 12.1 Å². The maximum absolute atomic E-state index is 11.9. The van der Waals surface area contributed by atoms with Crippen LogP contribution in [0.3, 0.4) is 0 Å². The van der Waals surface area contributed by atoms with Crippen LogP contribution in [0, 0.1) is 11.8 Å². The summed E-state index contributed by atoms with van der Waals surface area (Å²) in [6.07, 6.45) is 5.41. The number of carboxylic acid groups (broad SMARTS) is 1. The van der Waals surface area contributed by atoms with Crippen LogP contribution in [0.5, 0.6) is 0 Å².